The van der Waals surface area contributed by atoms with Crippen LogP contribution in [0.25, 0.3) is 0 Å². The number of carboxylic acids is 1. The van der Waals surface area contributed by atoms with Crippen LogP contribution >= 0.6 is 0 Å². The van der Waals surface area contributed by atoms with Crippen molar-refractivity contribution in [3.05, 3.63) is 42.7 Å². The largest absolute Gasteiger partial charge is 0.497 e. The Morgan fingerprint density at radius 3 is 2.43 bits per heavy atom. The Kier molecular flexibility index (Phi) is 4.99. The number of hydrogen-bond acceptors (Lipinski definition) is 2. The van der Waals surface area contributed by atoms with E-state index < -0.39 is 11.8 Å². The third-order valence-electron chi connectivity index (χ3n) is 1.41. The fraction of sp³-hybridized carbons (Fsp3) is 0.100. The Hall–Kier alpha value is -1.84. The van der Waals surface area contributed by atoms with Crippen molar-refractivity contribution in [2.45, 2.75) is 0 Å². The van der Waals surface area contributed by atoms with Gasteiger partial charge in [0.05, 0.1) is 12.7 Å². The molecule has 0 amide bonds. The zero-order chi connectivity index (χ0) is 11.1. The van der Waals surface area contributed by atoms with Crippen molar-refractivity contribution in [1.82, 2.24) is 0 Å². The molecule has 14 heavy (non-hydrogen) atoms. The van der Waals surface area contributed by atoms with Crippen molar-refractivity contribution < 1.29 is 19.0 Å². The van der Waals surface area contributed by atoms with Gasteiger partial charge in [0.25, 0.3) is 0 Å². The predicted octanol–water partition coefficient (Wildman–Crippen LogP) is 2.33. The smallest absolute Gasteiger partial charge is 0.338 e. The predicted molar refractivity (Wildman–Crippen MR) is 51.2 cm³/mol. The molecule has 0 aliphatic carbocycles. The molecule has 1 aromatic rings. The van der Waals surface area contributed by atoms with Gasteiger partial charge in [-0.1, -0.05) is 0 Å². The molecule has 0 aliphatic heterocycles. The summed E-state index contributed by atoms with van der Waals surface area (Å²) in [5.41, 5.74) is -0.351. The molecule has 0 aromatic heterocycles. The second kappa shape index (κ2) is 5.75. The van der Waals surface area contributed by atoms with E-state index >= 15 is 0 Å². The highest BCUT2D eigenvalue weighted by molar-refractivity contribution is 5.88. The quantitative estimate of drug-likeness (QED) is 0.742. The Bertz CT molecular complexity index is 323. The molecule has 0 spiro atoms. The fourth-order valence-corrected chi connectivity index (χ4v) is 0.796. The highest BCUT2D eigenvalue weighted by Gasteiger charge is 2.09. The van der Waals surface area contributed by atoms with Gasteiger partial charge in [-0.2, -0.15) is 0 Å². The molecule has 0 bridgehead atoms. The van der Waals surface area contributed by atoms with Gasteiger partial charge in [0.2, 0.25) is 0 Å². The fourth-order valence-electron chi connectivity index (χ4n) is 0.796. The summed E-state index contributed by atoms with van der Waals surface area (Å²) >= 11 is 0. The van der Waals surface area contributed by atoms with Crippen LogP contribution in [-0.4, -0.2) is 18.2 Å². The molecular weight excluding hydrogens is 187 g/mol. The summed E-state index contributed by atoms with van der Waals surface area (Å²) in [6, 6.07) is 3.59. The lowest BCUT2D eigenvalue weighted by Gasteiger charge is -2.00. The molecule has 0 saturated heterocycles. The van der Waals surface area contributed by atoms with E-state index in [1.165, 1.54) is 13.2 Å². The molecule has 1 aromatic carbocycles. The van der Waals surface area contributed by atoms with Crippen LogP contribution in [0.2, 0.25) is 0 Å². The highest BCUT2D eigenvalue weighted by atomic mass is 19.1. The maximum absolute atomic E-state index is 12.8. The summed E-state index contributed by atoms with van der Waals surface area (Å²) in [7, 11) is 1.38. The van der Waals surface area contributed by atoms with Gasteiger partial charge in [-0.3, -0.25) is 0 Å². The molecule has 0 heterocycles. The average molecular weight is 198 g/mol. The van der Waals surface area contributed by atoms with Gasteiger partial charge in [-0.15, -0.1) is 13.2 Å². The molecule has 1 N–H and O–H groups in total. The molecule has 3 nitrogen and oxygen atoms in total. The van der Waals surface area contributed by atoms with Gasteiger partial charge in [-0.25, -0.2) is 9.18 Å². The number of halogens is 1. The Balaban J connectivity index is 0.000000791. The van der Waals surface area contributed by atoms with Gasteiger partial charge in [-0.05, 0) is 12.1 Å². The van der Waals surface area contributed by atoms with Crippen molar-refractivity contribution in [2.75, 3.05) is 7.11 Å². The van der Waals surface area contributed by atoms with Crippen LogP contribution in [0.15, 0.2) is 31.4 Å². The lowest BCUT2D eigenvalue weighted by atomic mass is 10.2. The maximum Gasteiger partial charge on any atom is 0.338 e. The molecule has 4 heteroatoms. The topological polar surface area (TPSA) is 46.5 Å². The third-order valence-corrected chi connectivity index (χ3v) is 1.41. The van der Waals surface area contributed by atoms with Crippen LogP contribution < -0.4 is 4.74 Å². The number of benzene rings is 1. The van der Waals surface area contributed by atoms with E-state index in [1.54, 1.807) is 0 Å². The number of hydrogen-bond donors (Lipinski definition) is 1. The van der Waals surface area contributed by atoms with Gasteiger partial charge in [0, 0.05) is 6.07 Å². The Labute approximate surface area is 81.4 Å². The first-order valence-corrected chi connectivity index (χ1v) is 3.72. The van der Waals surface area contributed by atoms with Crippen molar-refractivity contribution in [1.29, 1.82) is 0 Å². The van der Waals surface area contributed by atoms with Gasteiger partial charge in [0.15, 0.2) is 0 Å². The standard InChI is InChI=1S/C8H7FO3.C2H4/c1-12-5-2-3-6(8(10)11)7(9)4-5;1-2/h2-4H,1H3,(H,10,11);1-2H2. The summed E-state index contributed by atoms with van der Waals surface area (Å²) in [5.74, 6) is -1.77. The zero-order valence-electron chi connectivity index (χ0n) is 7.79. The molecule has 0 atom stereocenters. The van der Waals surface area contributed by atoms with E-state index in [0.29, 0.717) is 5.75 Å². The van der Waals surface area contributed by atoms with E-state index in [2.05, 4.69) is 13.2 Å². The lowest BCUT2D eigenvalue weighted by Crippen LogP contribution is -2.00. The van der Waals surface area contributed by atoms with Crippen molar-refractivity contribution in [3.8, 4) is 5.75 Å². The van der Waals surface area contributed by atoms with Crippen molar-refractivity contribution in [3.63, 3.8) is 0 Å². The van der Waals surface area contributed by atoms with Crippen molar-refractivity contribution in [2.24, 2.45) is 0 Å². The van der Waals surface area contributed by atoms with Crippen LogP contribution in [0.1, 0.15) is 10.4 Å². The SMILES string of the molecule is C=C.COc1ccc(C(=O)O)c(F)c1. The summed E-state index contributed by atoms with van der Waals surface area (Å²) in [6.07, 6.45) is 0. The summed E-state index contributed by atoms with van der Waals surface area (Å²) in [6.45, 7) is 6.00. The van der Waals surface area contributed by atoms with Crippen LogP contribution in [0, 0.1) is 5.82 Å². The minimum absolute atomic E-state index is 0.303. The number of ether oxygens (including phenoxy) is 1. The summed E-state index contributed by atoms with van der Waals surface area (Å²) in [4.78, 5) is 10.3. The highest BCUT2D eigenvalue weighted by Crippen LogP contribution is 2.15. The summed E-state index contributed by atoms with van der Waals surface area (Å²) < 4.78 is 17.5. The van der Waals surface area contributed by atoms with Gasteiger partial charge < -0.3 is 9.84 Å². The van der Waals surface area contributed by atoms with Gasteiger partial charge in [0.1, 0.15) is 11.6 Å². The lowest BCUT2D eigenvalue weighted by molar-refractivity contribution is 0.0692. The van der Waals surface area contributed by atoms with Crippen LogP contribution in [0.3, 0.4) is 0 Å². The van der Waals surface area contributed by atoms with E-state index in [1.807, 2.05) is 0 Å². The van der Waals surface area contributed by atoms with E-state index in [-0.39, 0.29) is 5.56 Å². The van der Waals surface area contributed by atoms with Crippen LogP contribution in [0.4, 0.5) is 4.39 Å². The first kappa shape index (κ1) is 12.2. The van der Waals surface area contributed by atoms with E-state index in [9.17, 15) is 9.18 Å². The molecule has 0 aliphatic rings. The third kappa shape index (κ3) is 2.90. The number of aromatic carboxylic acids is 1. The van der Waals surface area contributed by atoms with Gasteiger partial charge >= 0.3 is 5.97 Å². The number of methoxy groups -OCH3 is 1. The molecule has 0 saturated carbocycles. The molecule has 0 radical (unpaired) electrons. The minimum atomic E-state index is -1.28. The first-order chi connectivity index (χ1) is 6.65. The second-order valence-corrected chi connectivity index (χ2v) is 2.15. The molecule has 0 fully saturated rings. The first-order valence-electron chi connectivity index (χ1n) is 3.72. The minimum Gasteiger partial charge on any atom is -0.497 e. The second-order valence-electron chi connectivity index (χ2n) is 2.15. The monoisotopic (exact) mass is 198 g/mol. The Morgan fingerprint density at radius 2 is 2.07 bits per heavy atom. The Morgan fingerprint density at radius 1 is 1.50 bits per heavy atom. The normalized spacial score (nSPS) is 8.43. The number of carboxylic acid groups (broad SMARTS) is 1. The summed E-state index contributed by atoms with van der Waals surface area (Å²) in [5, 5.41) is 8.45. The van der Waals surface area contributed by atoms with Crippen LogP contribution in [-0.2, 0) is 0 Å². The molecular formula is C10H11FO3. The van der Waals surface area contributed by atoms with E-state index in [4.69, 9.17) is 9.84 Å². The zero-order valence-corrected chi connectivity index (χ0v) is 7.79. The maximum atomic E-state index is 12.8. The molecule has 76 valence electrons. The number of carbonyl (C=O) groups is 1. The van der Waals surface area contributed by atoms with Crippen LogP contribution in [0.5, 0.6) is 5.75 Å². The average Bonchev–Trinajstić information content (AvgIpc) is 2.20. The van der Waals surface area contributed by atoms with Crippen molar-refractivity contribution >= 4 is 5.97 Å². The van der Waals surface area contributed by atoms with E-state index in [0.717, 1.165) is 12.1 Å². The molecule has 0 unspecified atom stereocenters. The molecule has 1 rings (SSSR count). The number of rotatable bonds is 2.